The van der Waals surface area contributed by atoms with Crippen molar-refractivity contribution in [3.63, 3.8) is 0 Å². The third-order valence-electron chi connectivity index (χ3n) is 5.08. The standard InChI is InChI=1S/C25H15Cl2N3O2S/c26-18-6-3-7-19(27)22(18)29-23(31)17-10-11-20-21(13-17)33-25(28-20)30-24(32)16-9-8-14-4-1-2-5-15(14)12-16/h1-13H,(H,29,31)(H,28,30,32). The average Bonchev–Trinajstić information content (AvgIpc) is 3.22. The number of carbonyl (C=O) groups is 2. The van der Waals surface area contributed by atoms with Crippen LogP contribution in [0.4, 0.5) is 10.8 Å². The highest BCUT2D eigenvalue weighted by Gasteiger charge is 2.15. The first kappa shape index (κ1) is 21.4. The number of carbonyl (C=O) groups excluding carboxylic acids is 2. The molecule has 0 atom stereocenters. The number of aromatic nitrogens is 1. The van der Waals surface area contributed by atoms with Crippen LogP contribution in [0.2, 0.25) is 10.0 Å². The summed E-state index contributed by atoms with van der Waals surface area (Å²) in [5.74, 6) is -0.590. The summed E-state index contributed by atoms with van der Waals surface area (Å²) >= 11 is 13.6. The van der Waals surface area contributed by atoms with Crippen LogP contribution in [0, 0.1) is 0 Å². The Morgan fingerprint density at radius 2 is 1.39 bits per heavy atom. The molecule has 0 spiro atoms. The second kappa shape index (κ2) is 8.83. The van der Waals surface area contributed by atoms with E-state index in [1.54, 1.807) is 42.5 Å². The largest absolute Gasteiger partial charge is 0.319 e. The van der Waals surface area contributed by atoms with Crippen LogP contribution in [-0.2, 0) is 0 Å². The fraction of sp³-hybridized carbons (Fsp3) is 0. The first-order chi connectivity index (χ1) is 16.0. The summed E-state index contributed by atoms with van der Waals surface area (Å²) in [6, 6.07) is 23.5. The molecule has 0 saturated heterocycles. The fourth-order valence-electron chi connectivity index (χ4n) is 3.42. The van der Waals surface area contributed by atoms with E-state index in [0.29, 0.717) is 37.5 Å². The molecule has 8 heteroatoms. The molecular formula is C25H15Cl2N3O2S. The van der Waals surface area contributed by atoms with Crippen LogP contribution in [0.5, 0.6) is 0 Å². The van der Waals surface area contributed by atoms with Crippen LogP contribution in [0.25, 0.3) is 21.0 Å². The number of nitrogens with zero attached hydrogens (tertiary/aromatic N) is 1. The van der Waals surface area contributed by atoms with Gasteiger partial charge in [0.15, 0.2) is 5.13 Å². The number of para-hydroxylation sites is 1. The highest BCUT2D eigenvalue weighted by molar-refractivity contribution is 7.22. The van der Waals surface area contributed by atoms with Crippen molar-refractivity contribution in [1.82, 2.24) is 4.98 Å². The van der Waals surface area contributed by atoms with Gasteiger partial charge in [0.1, 0.15) is 0 Å². The van der Waals surface area contributed by atoms with Crippen molar-refractivity contribution >= 4 is 78.2 Å². The first-order valence-electron chi connectivity index (χ1n) is 9.94. The molecule has 0 aliphatic heterocycles. The zero-order chi connectivity index (χ0) is 22.9. The van der Waals surface area contributed by atoms with Gasteiger partial charge in [0.2, 0.25) is 0 Å². The monoisotopic (exact) mass is 491 g/mol. The zero-order valence-electron chi connectivity index (χ0n) is 16.9. The predicted molar refractivity (Wildman–Crippen MR) is 136 cm³/mol. The van der Waals surface area contributed by atoms with Crippen molar-refractivity contribution in [3.05, 3.63) is 100 Å². The summed E-state index contributed by atoms with van der Waals surface area (Å²) < 4.78 is 0.765. The van der Waals surface area contributed by atoms with Gasteiger partial charge in [-0.1, -0.05) is 70.9 Å². The maximum atomic E-state index is 12.7. The zero-order valence-corrected chi connectivity index (χ0v) is 19.3. The Balaban J connectivity index is 1.36. The Morgan fingerprint density at radius 1 is 0.727 bits per heavy atom. The Bertz CT molecular complexity index is 1530. The predicted octanol–water partition coefficient (Wildman–Crippen LogP) is 7.26. The van der Waals surface area contributed by atoms with Crippen molar-refractivity contribution in [1.29, 1.82) is 0 Å². The number of hydrogen-bond acceptors (Lipinski definition) is 4. The Labute approximate surface area is 203 Å². The maximum absolute atomic E-state index is 12.7. The molecule has 0 aliphatic rings. The molecule has 162 valence electrons. The molecule has 2 N–H and O–H groups in total. The molecular weight excluding hydrogens is 477 g/mol. The number of halogens is 2. The Hall–Kier alpha value is -3.45. The molecule has 1 heterocycles. The summed E-state index contributed by atoms with van der Waals surface area (Å²) in [5.41, 5.74) is 2.01. The minimum Gasteiger partial charge on any atom is -0.319 e. The van der Waals surface area contributed by atoms with Gasteiger partial charge in [-0.05, 0) is 53.2 Å². The van der Waals surface area contributed by atoms with Gasteiger partial charge < -0.3 is 5.32 Å². The van der Waals surface area contributed by atoms with Crippen LogP contribution in [-0.4, -0.2) is 16.8 Å². The highest BCUT2D eigenvalue weighted by atomic mass is 35.5. The van der Waals surface area contributed by atoms with E-state index in [1.807, 2.05) is 36.4 Å². The number of amides is 2. The van der Waals surface area contributed by atoms with Crippen LogP contribution >= 0.6 is 34.5 Å². The molecule has 1 aromatic heterocycles. The lowest BCUT2D eigenvalue weighted by molar-refractivity contribution is 0.101. The maximum Gasteiger partial charge on any atom is 0.257 e. The molecule has 0 saturated carbocycles. The summed E-state index contributed by atoms with van der Waals surface area (Å²) in [4.78, 5) is 29.9. The lowest BCUT2D eigenvalue weighted by Gasteiger charge is -2.09. The van der Waals surface area contributed by atoms with Gasteiger partial charge in [-0.2, -0.15) is 0 Å². The van der Waals surface area contributed by atoms with Gasteiger partial charge in [0.25, 0.3) is 11.8 Å². The third kappa shape index (κ3) is 4.41. The van der Waals surface area contributed by atoms with Gasteiger partial charge in [0, 0.05) is 11.1 Å². The van der Waals surface area contributed by atoms with E-state index in [0.717, 1.165) is 15.5 Å². The molecule has 0 radical (unpaired) electrons. The summed E-state index contributed by atoms with van der Waals surface area (Å²) in [7, 11) is 0. The SMILES string of the molecule is O=C(Nc1nc2ccc(C(=O)Nc3c(Cl)cccc3Cl)cc2s1)c1ccc2ccccc2c1. The van der Waals surface area contributed by atoms with E-state index in [4.69, 9.17) is 23.2 Å². The van der Waals surface area contributed by atoms with Crippen molar-refractivity contribution in [2.45, 2.75) is 0 Å². The average molecular weight is 492 g/mol. The normalized spacial score (nSPS) is 11.0. The van der Waals surface area contributed by atoms with E-state index in [9.17, 15) is 9.59 Å². The molecule has 5 rings (SSSR count). The second-order valence-electron chi connectivity index (χ2n) is 7.27. The minimum atomic E-state index is -0.345. The van der Waals surface area contributed by atoms with Crippen LogP contribution in [0.3, 0.4) is 0 Å². The molecule has 5 nitrogen and oxygen atoms in total. The summed E-state index contributed by atoms with van der Waals surface area (Å²) in [5, 5.41) is 8.82. The lowest BCUT2D eigenvalue weighted by Crippen LogP contribution is -2.12. The number of benzene rings is 4. The fourth-order valence-corrected chi connectivity index (χ4v) is 4.81. The molecule has 0 bridgehead atoms. The molecule has 2 amide bonds. The van der Waals surface area contributed by atoms with Crippen molar-refractivity contribution in [2.24, 2.45) is 0 Å². The lowest BCUT2D eigenvalue weighted by atomic mass is 10.1. The van der Waals surface area contributed by atoms with E-state index in [-0.39, 0.29) is 11.8 Å². The number of hydrogen-bond donors (Lipinski definition) is 2. The van der Waals surface area contributed by atoms with E-state index >= 15 is 0 Å². The molecule has 0 fully saturated rings. The third-order valence-corrected chi connectivity index (χ3v) is 6.65. The number of nitrogens with one attached hydrogen (secondary N) is 2. The van der Waals surface area contributed by atoms with Crippen molar-refractivity contribution < 1.29 is 9.59 Å². The topological polar surface area (TPSA) is 71.1 Å². The van der Waals surface area contributed by atoms with Gasteiger partial charge in [-0.25, -0.2) is 4.98 Å². The van der Waals surface area contributed by atoms with E-state index < -0.39 is 0 Å². The molecule has 0 unspecified atom stereocenters. The molecule has 33 heavy (non-hydrogen) atoms. The summed E-state index contributed by atoms with van der Waals surface area (Å²) in [6.45, 7) is 0. The smallest absolute Gasteiger partial charge is 0.257 e. The second-order valence-corrected chi connectivity index (χ2v) is 9.11. The number of rotatable bonds is 4. The van der Waals surface area contributed by atoms with Gasteiger partial charge >= 0.3 is 0 Å². The first-order valence-corrected chi connectivity index (χ1v) is 11.5. The Kier molecular flexibility index (Phi) is 5.72. The van der Waals surface area contributed by atoms with Crippen molar-refractivity contribution in [3.8, 4) is 0 Å². The van der Waals surface area contributed by atoms with E-state index in [2.05, 4.69) is 15.6 Å². The van der Waals surface area contributed by atoms with Gasteiger partial charge in [0.05, 0.1) is 25.9 Å². The van der Waals surface area contributed by atoms with Crippen molar-refractivity contribution in [2.75, 3.05) is 10.6 Å². The van der Waals surface area contributed by atoms with Crippen LogP contribution in [0.1, 0.15) is 20.7 Å². The quantitative estimate of drug-likeness (QED) is 0.277. The number of anilines is 2. The van der Waals surface area contributed by atoms with Gasteiger partial charge in [-0.15, -0.1) is 0 Å². The molecule has 0 aliphatic carbocycles. The van der Waals surface area contributed by atoms with E-state index in [1.165, 1.54) is 11.3 Å². The molecule has 5 aromatic rings. The number of fused-ring (bicyclic) bond motifs is 2. The van der Waals surface area contributed by atoms with Crippen LogP contribution < -0.4 is 10.6 Å². The number of thiazole rings is 1. The van der Waals surface area contributed by atoms with Gasteiger partial charge in [-0.3, -0.25) is 14.9 Å². The minimum absolute atomic E-state index is 0.244. The van der Waals surface area contributed by atoms with Crippen LogP contribution in [0.15, 0.2) is 78.9 Å². The highest BCUT2D eigenvalue weighted by Crippen LogP contribution is 2.31. The molecule has 4 aromatic carbocycles. The Morgan fingerprint density at radius 3 is 2.18 bits per heavy atom. The summed E-state index contributed by atoms with van der Waals surface area (Å²) in [6.07, 6.45) is 0.